The van der Waals surface area contributed by atoms with Crippen molar-refractivity contribution in [3.05, 3.63) is 0 Å². The zero-order chi connectivity index (χ0) is 7.11. The second-order valence-corrected chi connectivity index (χ2v) is 2.74. The van der Waals surface area contributed by atoms with Crippen LogP contribution < -0.4 is 5.32 Å². The summed E-state index contributed by atoms with van der Waals surface area (Å²) in [5.74, 6) is 1.05. The second-order valence-electron chi connectivity index (χ2n) is 1.75. The molecule has 0 aromatic carbocycles. The smallest absolute Gasteiger partial charge is 0.0958 e. The molecule has 0 rings (SSSR count). The van der Waals surface area contributed by atoms with Crippen LogP contribution in [-0.4, -0.2) is 25.1 Å². The van der Waals surface area contributed by atoms with Crippen molar-refractivity contribution in [1.29, 1.82) is 5.26 Å². The summed E-state index contributed by atoms with van der Waals surface area (Å²) in [4.78, 5) is 0. The van der Waals surface area contributed by atoms with Crippen LogP contribution in [0.3, 0.4) is 0 Å². The Balaban J connectivity index is 3.23. The Kier molecular flexibility index (Phi) is 5.80. The molecule has 0 bridgehead atoms. The van der Waals surface area contributed by atoms with Gasteiger partial charge in [0.1, 0.15) is 0 Å². The molecule has 1 N–H and O–H groups in total. The van der Waals surface area contributed by atoms with Crippen LogP contribution >= 0.6 is 11.8 Å². The third-order valence-electron chi connectivity index (χ3n) is 1.11. The van der Waals surface area contributed by atoms with Gasteiger partial charge in [0, 0.05) is 0 Å². The van der Waals surface area contributed by atoms with E-state index in [1.165, 1.54) is 0 Å². The minimum absolute atomic E-state index is 0.0393. The van der Waals surface area contributed by atoms with Gasteiger partial charge in [0.2, 0.25) is 0 Å². The molecule has 0 fully saturated rings. The standard InChI is InChI=1S/C6H12N2S/c1-8-6(5-7)3-4-9-2/h6,8H,3-4H2,1-2H3. The molecule has 0 aromatic heterocycles. The summed E-state index contributed by atoms with van der Waals surface area (Å²) in [6.45, 7) is 0. The van der Waals surface area contributed by atoms with Crippen LogP contribution in [-0.2, 0) is 0 Å². The molecule has 0 aromatic rings. The van der Waals surface area contributed by atoms with Gasteiger partial charge in [0.15, 0.2) is 0 Å². The zero-order valence-corrected chi connectivity index (χ0v) is 6.66. The number of nitriles is 1. The number of hydrogen-bond acceptors (Lipinski definition) is 3. The molecule has 0 aliphatic rings. The van der Waals surface area contributed by atoms with Crippen molar-refractivity contribution in [3.8, 4) is 6.07 Å². The molecule has 0 saturated carbocycles. The quantitative estimate of drug-likeness (QED) is 0.635. The first-order valence-corrected chi connectivity index (χ1v) is 4.30. The van der Waals surface area contributed by atoms with Gasteiger partial charge in [-0.1, -0.05) is 0 Å². The molecule has 0 amide bonds. The minimum atomic E-state index is 0.0393. The highest BCUT2D eigenvalue weighted by Gasteiger charge is 2.00. The number of rotatable bonds is 4. The Labute approximate surface area is 60.6 Å². The highest BCUT2D eigenvalue weighted by atomic mass is 32.2. The monoisotopic (exact) mass is 144 g/mol. The Morgan fingerprint density at radius 1 is 1.78 bits per heavy atom. The van der Waals surface area contributed by atoms with Crippen LogP contribution in [0.25, 0.3) is 0 Å². The Bertz CT molecular complexity index is 97.7. The van der Waals surface area contributed by atoms with Crippen LogP contribution in [0.15, 0.2) is 0 Å². The minimum Gasteiger partial charge on any atom is -0.305 e. The van der Waals surface area contributed by atoms with E-state index in [0.717, 1.165) is 12.2 Å². The highest BCUT2D eigenvalue weighted by molar-refractivity contribution is 7.98. The van der Waals surface area contributed by atoms with Gasteiger partial charge in [0.25, 0.3) is 0 Å². The fraction of sp³-hybridized carbons (Fsp3) is 0.833. The van der Waals surface area contributed by atoms with Gasteiger partial charge in [-0.05, 0) is 25.5 Å². The number of thioether (sulfide) groups is 1. The first kappa shape index (κ1) is 8.80. The molecule has 0 spiro atoms. The Morgan fingerprint density at radius 2 is 2.44 bits per heavy atom. The van der Waals surface area contributed by atoms with Crippen molar-refractivity contribution in [3.63, 3.8) is 0 Å². The maximum Gasteiger partial charge on any atom is 0.0958 e. The molecule has 0 radical (unpaired) electrons. The maximum atomic E-state index is 8.43. The molecule has 0 heterocycles. The number of hydrogen-bond donors (Lipinski definition) is 1. The molecule has 52 valence electrons. The molecule has 2 nitrogen and oxygen atoms in total. The van der Waals surface area contributed by atoms with E-state index in [9.17, 15) is 0 Å². The zero-order valence-electron chi connectivity index (χ0n) is 5.85. The van der Waals surface area contributed by atoms with E-state index >= 15 is 0 Å². The predicted octanol–water partition coefficient (Wildman–Crippen LogP) is 0.851. The summed E-state index contributed by atoms with van der Waals surface area (Å²) < 4.78 is 0. The van der Waals surface area contributed by atoms with Crippen molar-refractivity contribution in [2.75, 3.05) is 19.1 Å². The Morgan fingerprint density at radius 3 is 2.78 bits per heavy atom. The van der Waals surface area contributed by atoms with Crippen LogP contribution in [0.1, 0.15) is 6.42 Å². The highest BCUT2D eigenvalue weighted by Crippen LogP contribution is 1.98. The SMILES string of the molecule is CNC(C#N)CCSC. The van der Waals surface area contributed by atoms with E-state index in [1.54, 1.807) is 11.8 Å². The summed E-state index contributed by atoms with van der Waals surface area (Å²) in [6.07, 6.45) is 2.98. The summed E-state index contributed by atoms with van der Waals surface area (Å²) in [5, 5.41) is 11.3. The molecular formula is C6H12N2S. The van der Waals surface area contributed by atoms with Crippen molar-refractivity contribution >= 4 is 11.8 Å². The maximum absolute atomic E-state index is 8.43. The van der Waals surface area contributed by atoms with E-state index in [2.05, 4.69) is 11.4 Å². The first-order chi connectivity index (χ1) is 4.35. The third kappa shape index (κ3) is 4.31. The normalized spacial score (nSPS) is 12.6. The third-order valence-corrected chi connectivity index (χ3v) is 1.76. The second kappa shape index (κ2) is 5.93. The van der Waals surface area contributed by atoms with Gasteiger partial charge >= 0.3 is 0 Å². The van der Waals surface area contributed by atoms with Gasteiger partial charge < -0.3 is 5.32 Å². The van der Waals surface area contributed by atoms with E-state index in [-0.39, 0.29) is 6.04 Å². The van der Waals surface area contributed by atoms with Gasteiger partial charge in [-0.15, -0.1) is 0 Å². The van der Waals surface area contributed by atoms with Crippen LogP contribution in [0.4, 0.5) is 0 Å². The van der Waals surface area contributed by atoms with Gasteiger partial charge in [-0.2, -0.15) is 17.0 Å². The lowest BCUT2D eigenvalue weighted by atomic mass is 10.3. The van der Waals surface area contributed by atoms with E-state index in [0.29, 0.717) is 0 Å². The van der Waals surface area contributed by atoms with Crippen LogP contribution in [0.5, 0.6) is 0 Å². The molecule has 1 atom stereocenters. The fourth-order valence-electron chi connectivity index (χ4n) is 0.509. The molecule has 1 unspecified atom stereocenters. The molecule has 0 aliphatic heterocycles. The van der Waals surface area contributed by atoms with Crippen LogP contribution in [0, 0.1) is 11.3 Å². The van der Waals surface area contributed by atoms with Crippen molar-refractivity contribution in [2.45, 2.75) is 12.5 Å². The lowest BCUT2D eigenvalue weighted by Crippen LogP contribution is -2.23. The summed E-state index contributed by atoms with van der Waals surface area (Å²) in [6, 6.07) is 2.20. The molecule has 0 saturated heterocycles. The summed E-state index contributed by atoms with van der Waals surface area (Å²) in [5.41, 5.74) is 0. The van der Waals surface area contributed by atoms with Crippen molar-refractivity contribution in [2.24, 2.45) is 0 Å². The largest absolute Gasteiger partial charge is 0.305 e. The van der Waals surface area contributed by atoms with Gasteiger partial charge in [-0.3, -0.25) is 0 Å². The van der Waals surface area contributed by atoms with E-state index in [4.69, 9.17) is 5.26 Å². The van der Waals surface area contributed by atoms with Gasteiger partial charge in [0.05, 0.1) is 12.1 Å². The molecular weight excluding hydrogens is 132 g/mol. The lowest BCUT2D eigenvalue weighted by Gasteiger charge is -2.03. The Hall–Kier alpha value is -0.200. The number of nitrogens with zero attached hydrogens (tertiary/aromatic N) is 1. The summed E-state index contributed by atoms with van der Waals surface area (Å²) >= 11 is 1.77. The number of nitrogens with one attached hydrogen (secondary N) is 1. The molecule has 9 heavy (non-hydrogen) atoms. The molecule has 3 heteroatoms. The average Bonchev–Trinajstić information content (AvgIpc) is 1.91. The van der Waals surface area contributed by atoms with Crippen molar-refractivity contribution < 1.29 is 0 Å². The van der Waals surface area contributed by atoms with Crippen molar-refractivity contribution in [1.82, 2.24) is 5.32 Å². The first-order valence-electron chi connectivity index (χ1n) is 2.91. The van der Waals surface area contributed by atoms with E-state index < -0.39 is 0 Å². The topological polar surface area (TPSA) is 35.8 Å². The lowest BCUT2D eigenvalue weighted by molar-refractivity contribution is 0.664. The van der Waals surface area contributed by atoms with Gasteiger partial charge in [-0.25, -0.2) is 0 Å². The predicted molar refractivity (Wildman–Crippen MR) is 41.5 cm³/mol. The van der Waals surface area contributed by atoms with Crippen LogP contribution in [0.2, 0.25) is 0 Å². The van der Waals surface area contributed by atoms with E-state index in [1.807, 2.05) is 13.3 Å². The average molecular weight is 144 g/mol. The fourth-order valence-corrected chi connectivity index (χ4v) is 0.981. The summed E-state index contributed by atoms with van der Waals surface area (Å²) in [7, 11) is 1.81. The molecule has 0 aliphatic carbocycles.